The summed E-state index contributed by atoms with van der Waals surface area (Å²) in [6.07, 6.45) is 5.36. The van der Waals surface area contributed by atoms with Crippen molar-refractivity contribution in [1.29, 1.82) is 0 Å². The number of anilines is 2. The molecule has 1 saturated heterocycles. The van der Waals surface area contributed by atoms with Crippen molar-refractivity contribution in [2.45, 2.75) is 42.1 Å². The van der Waals surface area contributed by atoms with Crippen LogP contribution in [0.5, 0.6) is 0 Å². The number of nitrogens with two attached hydrogens (primary N) is 2. The van der Waals surface area contributed by atoms with Gasteiger partial charge in [0.1, 0.15) is 16.7 Å². The number of rotatable bonds is 3. The molecule has 0 atom stereocenters. The minimum Gasteiger partial charge on any atom is -0.382 e. The van der Waals surface area contributed by atoms with Crippen LogP contribution in [-0.2, 0) is 0 Å². The number of halogens is 1. The van der Waals surface area contributed by atoms with Crippen LogP contribution in [0.3, 0.4) is 0 Å². The van der Waals surface area contributed by atoms with Gasteiger partial charge in [-0.3, -0.25) is 0 Å². The van der Waals surface area contributed by atoms with Crippen LogP contribution >= 0.6 is 23.4 Å². The van der Waals surface area contributed by atoms with Crippen LogP contribution in [0.1, 0.15) is 25.5 Å². The number of aromatic nitrogens is 3. The molecule has 0 aromatic carbocycles. The molecule has 1 aliphatic rings. The first kappa shape index (κ1) is 17.3. The Hall–Kier alpha value is -1.57. The maximum absolute atomic E-state index is 6.20. The smallest absolute Gasteiger partial charge is 0.147 e. The number of hydrogen-bond acceptors (Lipinski definition) is 7. The van der Waals surface area contributed by atoms with E-state index in [9.17, 15) is 0 Å². The van der Waals surface area contributed by atoms with Gasteiger partial charge in [-0.25, -0.2) is 15.0 Å². The summed E-state index contributed by atoms with van der Waals surface area (Å²) in [4.78, 5) is 16.3. The zero-order valence-corrected chi connectivity index (χ0v) is 15.4. The van der Waals surface area contributed by atoms with E-state index in [0.29, 0.717) is 10.8 Å². The highest BCUT2D eigenvalue weighted by atomic mass is 35.5. The third kappa shape index (κ3) is 3.74. The van der Waals surface area contributed by atoms with Gasteiger partial charge in [-0.2, -0.15) is 0 Å². The Labute approximate surface area is 151 Å². The summed E-state index contributed by atoms with van der Waals surface area (Å²) in [5.41, 5.74) is 12.7. The molecule has 0 unspecified atom stereocenters. The molecule has 24 heavy (non-hydrogen) atoms. The molecule has 8 heteroatoms. The van der Waals surface area contributed by atoms with E-state index in [1.54, 1.807) is 6.20 Å². The number of nitrogens with zero attached hydrogens (tertiary/aromatic N) is 4. The van der Waals surface area contributed by atoms with Gasteiger partial charge in [-0.15, -0.1) is 0 Å². The maximum atomic E-state index is 6.20. The predicted molar refractivity (Wildman–Crippen MR) is 98.6 cm³/mol. The van der Waals surface area contributed by atoms with Gasteiger partial charge < -0.3 is 16.4 Å². The second kappa shape index (κ2) is 6.74. The van der Waals surface area contributed by atoms with Crippen molar-refractivity contribution in [3.05, 3.63) is 29.2 Å². The van der Waals surface area contributed by atoms with E-state index >= 15 is 0 Å². The number of piperidine rings is 1. The lowest BCUT2D eigenvalue weighted by Crippen LogP contribution is -2.48. The van der Waals surface area contributed by atoms with E-state index in [1.807, 2.05) is 19.2 Å². The van der Waals surface area contributed by atoms with Crippen molar-refractivity contribution in [2.75, 3.05) is 23.7 Å². The molecule has 2 aromatic heterocycles. The molecule has 1 aliphatic heterocycles. The zero-order chi connectivity index (χ0) is 17.3. The van der Waals surface area contributed by atoms with Gasteiger partial charge >= 0.3 is 0 Å². The summed E-state index contributed by atoms with van der Waals surface area (Å²) in [5.74, 6) is 1.22. The summed E-state index contributed by atoms with van der Waals surface area (Å²) in [7, 11) is 0. The fourth-order valence-corrected chi connectivity index (χ4v) is 3.64. The molecule has 4 N–H and O–H groups in total. The first-order valence-electron chi connectivity index (χ1n) is 7.81. The molecule has 0 saturated carbocycles. The zero-order valence-electron chi connectivity index (χ0n) is 13.8. The van der Waals surface area contributed by atoms with Crippen LogP contribution in [0.2, 0.25) is 5.02 Å². The minimum absolute atomic E-state index is 0.0766. The minimum atomic E-state index is -0.0766. The molecule has 0 spiro atoms. The van der Waals surface area contributed by atoms with Crippen molar-refractivity contribution in [2.24, 2.45) is 5.73 Å². The van der Waals surface area contributed by atoms with Crippen LogP contribution in [0.4, 0.5) is 11.6 Å². The lowest BCUT2D eigenvalue weighted by atomic mass is 9.91. The molecule has 128 valence electrons. The fourth-order valence-electron chi connectivity index (χ4n) is 2.58. The van der Waals surface area contributed by atoms with Crippen molar-refractivity contribution in [3.8, 4) is 0 Å². The second-order valence-electron chi connectivity index (χ2n) is 6.37. The van der Waals surface area contributed by atoms with E-state index in [2.05, 4.69) is 21.8 Å². The topological polar surface area (TPSA) is 94.0 Å². The Bertz CT molecular complexity index is 741. The molecule has 3 heterocycles. The molecular weight excluding hydrogens is 344 g/mol. The summed E-state index contributed by atoms with van der Waals surface area (Å²) < 4.78 is 0. The Balaban J connectivity index is 1.77. The van der Waals surface area contributed by atoms with E-state index in [0.717, 1.165) is 47.4 Å². The molecule has 0 aliphatic carbocycles. The number of nitrogen functional groups attached to an aromatic ring is 1. The van der Waals surface area contributed by atoms with Gasteiger partial charge in [-0.1, -0.05) is 23.4 Å². The highest BCUT2D eigenvalue weighted by molar-refractivity contribution is 7.99. The molecule has 1 fully saturated rings. The SMILES string of the molecule is Cc1nc(N2CCC(C)(N)CC2)cnc1Sc1ccnc(N)c1Cl. The van der Waals surface area contributed by atoms with Crippen LogP contribution in [-0.4, -0.2) is 33.6 Å². The Kier molecular flexibility index (Phi) is 4.85. The predicted octanol–water partition coefficient (Wildman–Crippen LogP) is 2.88. The lowest BCUT2D eigenvalue weighted by molar-refractivity contribution is 0.363. The van der Waals surface area contributed by atoms with Crippen molar-refractivity contribution < 1.29 is 0 Å². The Morgan fingerprint density at radius 2 is 2.00 bits per heavy atom. The second-order valence-corrected chi connectivity index (χ2v) is 7.78. The van der Waals surface area contributed by atoms with E-state index in [4.69, 9.17) is 28.1 Å². The van der Waals surface area contributed by atoms with Gasteiger partial charge in [0.15, 0.2) is 0 Å². The van der Waals surface area contributed by atoms with Gasteiger partial charge in [0.25, 0.3) is 0 Å². The molecule has 0 bridgehead atoms. The van der Waals surface area contributed by atoms with Crippen molar-refractivity contribution in [3.63, 3.8) is 0 Å². The van der Waals surface area contributed by atoms with Gasteiger partial charge in [0, 0.05) is 29.7 Å². The molecular formula is C16H21ClN6S. The number of hydrogen-bond donors (Lipinski definition) is 2. The van der Waals surface area contributed by atoms with Crippen LogP contribution in [0.25, 0.3) is 0 Å². The van der Waals surface area contributed by atoms with Crippen LogP contribution in [0.15, 0.2) is 28.4 Å². The van der Waals surface area contributed by atoms with Crippen LogP contribution in [0, 0.1) is 6.92 Å². The summed E-state index contributed by atoms with van der Waals surface area (Å²) in [6, 6.07) is 1.82. The number of pyridine rings is 1. The largest absolute Gasteiger partial charge is 0.382 e. The van der Waals surface area contributed by atoms with E-state index < -0.39 is 0 Å². The van der Waals surface area contributed by atoms with E-state index in [1.165, 1.54) is 11.8 Å². The van der Waals surface area contributed by atoms with Crippen molar-refractivity contribution in [1.82, 2.24) is 15.0 Å². The third-order valence-electron chi connectivity index (χ3n) is 4.21. The highest BCUT2D eigenvalue weighted by Crippen LogP contribution is 2.35. The first-order chi connectivity index (χ1) is 11.4. The molecule has 6 nitrogen and oxygen atoms in total. The summed E-state index contributed by atoms with van der Waals surface area (Å²) >= 11 is 7.64. The average molecular weight is 365 g/mol. The average Bonchev–Trinajstić information content (AvgIpc) is 2.53. The molecule has 0 radical (unpaired) electrons. The standard InChI is InChI=1S/C16H21ClN6S/c1-10-15(24-11-3-6-20-14(18)13(11)17)21-9-12(22-10)23-7-4-16(2,19)5-8-23/h3,6,9H,4-5,7-8,19H2,1-2H3,(H2,18,20). The monoisotopic (exact) mass is 364 g/mol. The quantitative estimate of drug-likeness (QED) is 0.864. The third-order valence-corrected chi connectivity index (χ3v) is 5.87. The molecule has 3 rings (SSSR count). The van der Waals surface area contributed by atoms with Crippen LogP contribution < -0.4 is 16.4 Å². The highest BCUT2D eigenvalue weighted by Gasteiger charge is 2.26. The van der Waals surface area contributed by atoms with Gasteiger partial charge in [0.2, 0.25) is 0 Å². The van der Waals surface area contributed by atoms with E-state index in [-0.39, 0.29) is 5.54 Å². The Morgan fingerprint density at radius 1 is 1.29 bits per heavy atom. The lowest BCUT2D eigenvalue weighted by Gasteiger charge is -2.37. The summed E-state index contributed by atoms with van der Waals surface area (Å²) in [6.45, 7) is 5.86. The molecule has 0 amide bonds. The summed E-state index contributed by atoms with van der Waals surface area (Å²) in [5, 5.41) is 1.26. The Morgan fingerprint density at radius 3 is 2.67 bits per heavy atom. The fraction of sp³-hybridized carbons (Fsp3) is 0.438. The first-order valence-corrected chi connectivity index (χ1v) is 9.00. The van der Waals surface area contributed by atoms with Gasteiger partial charge in [0.05, 0.1) is 16.9 Å². The van der Waals surface area contributed by atoms with Gasteiger partial charge in [-0.05, 0) is 32.8 Å². The normalized spacial score (nSPS) is 17.1. The maximum Gasteiger partial charge on any atom is 0.147 e. The molecule has 2 aromatic rings. The number of aryl methyl sites for hydroxylation is 1. The van der Waals surface area contributed by atoms with Crippen molar-refractivity contribution >= 4 is 35.0 Å².